The molecule has 1 N–H and O–H groups in total. The van der Waals surface area contributed by atoms with E-state index in [1.165, 1.54) is 5.69 Å². The highest BCUT2D eigenvalue weighted by atomic mass is 15.3. The van der Waals surface area contributed by atoms with Crippen LogP contribution >= 0.6 is 0 Å². The SMILES string of the molecule is C=CCC(NC)c1cc(CC)nn1C. The Morgan fingerprint density at radius 3 is 2.86 bits per heavy atom. The van der Waals surface area contributed by atoms with Crippen LogP contribution in [-0.2, 0) is 13.5 Å². The molecular weight excluding hydrogens is 174 g/mol. The quantitative estimate of drug-likeness (QED) is 0.723. The van der Waals surface area contributed by atoms with Gasteiger partial charge in [-0.3, -0.25) is 4.68 Å². The smallest absolute Gasteiger partial charge is 0.0625 e. The molecule has 1 aromatic heterocycles. The van der Waals surface area contributed by atoms with Crippen molar-refractivity contribution >= 4 is 0 Å². The largest absolute Gasteiger partial charge is 0.311 e. The highest BCUT2D eigenvalue weighted by molar-refractivity contribution is 5.14. The van der Waals surface area contributed by atoms with E-state index in [0.29, 0.717) is 6.04 Å². The highest BCUT2D eigenvalue weighted by Crippen LogP contribution is 2.17. The van der Waals surface area contributed by atoms with Crippen molar-refractivity contribution in [1.29, 1.82) is 0 Å². The summed E-state index contributed by atoms with van der Waals surface area (Å²) in [6, 6.07) is 2.48. The zero-order valence-corrected chi connectivity index (χ0v) is 9.25. The van der Waals surface area contributed by atoms with Gasteiger partial charge in [-0.1, -0.05) is 13.0 Å². The highest BCUT2D eigenvalue weighted by Gasteiger charge is 2.12. The maximum Gasteiger partial charge on any atom is 0.0625 e. The summed E-state index contributed by atoms with van der Waals surface area (Å²) in [5.41, 5.74) is 2.37. The first-order valence-corrected chi connectivity index (χ1v) is 5.03. The summed E-state index contributed by atoms with van der Waals surface area (Å²) in [7, 11) is 3.95. The molecule has 1 rings (SSSR count). The minimum atomic E-state index is 0.324. The second-order valence-corrected chi connectivity index (χ2v) is 3.40. The molecule has 0 amide bonds. The molecule has 78 valence electrons. The first-order valence-electron chi connectivity index (χ1n) is 5.03. The summed E-state index contributed by atoms with van der Waals surface area (Å²) in [5, 5.41) is 7.69. The molecule has 0 aliphatic rings. The van der Waals surface area contributed by atoms with E-state index >= 15 is 0 Å². The molecule has 1 aromatic rings. The number of nitrogens with zero attached hydrogens (tertiary/aromatic N) is 2. The first kappa shape index (κ1) is 11.0. The summed E-state index contributed by atoms with van der Waals surface area (Å²) in [5.74, 6) is 0. The van der Waals surface area contributed by atoms with E-state index < -0.39 is 0 Å². The molecule has 0 spiro atoms. The van der Waals surface area contributed by atoms with E-state index in [1.54, 1.807) is 0 Å². The average Bonchev–Trinajstić information content (AvgIpc) is 2.56. The molecule has 0 saturated carbocycles. The van der Waals surface area contributed by atoms with E-state index in [-0.39, 0.29) is 0 Å². The van der Waals surface area contributed by atoms with Crippen molar-refractivity contribution in [2.24, 2.45) is 7.05 Å². The lowest BCUT2D eigenvalue weighted by Crippen LogP contribution is -2.18. The van der Waals surface area contributed by atoms with Gasteiger partial charge >= 0.3 is 0 Å². The van der Waals surface area contributed by atoms with Gasteiger partial charge in [-0.05, 0) is 26.0 Å². The van der Waals surface area contributed by atoms with Crippen LogP contribution in [0.25, 0.3) is 0 Å². The predicted molar refractivity (Wildman–Crippen MR) is 59.2 cm³/mol. The van der Waals surface area contributed by atoms with Crippen molar-refractivity contribution in [2.45, 2.75) is 25.8 Å². The second-order valence-electron chi connectivity index (χ2n) is 3.40. The Kier molecular flexibility index (Phi) is 3.89. The van der Waals surface area contributed by atoms with Gasteiger partial charge in [0, 0.05) is 7.05 Å². The third-order valence-corrected chi connectivity index (χ3v) is 2.44. The Bertz CT molecular complexity index is 301. The number of rotatable bonds is 5. The van der Waals surface area contributed by atoms with Crippen LogP contribution in [0.15, 0.2) is 18.7 Å². The van der Waals surface area contributed by atoms with Crippen molar-refractivity contribution in [3.63, 3.8) is 0 Å². The van der Waals surface area contributed by atoms with Crippen LogP contribution in [0.3, 0.4) is 0 Å². The van der Waals surface area contributed by atoms with Crippen LogP contribution < -0.4 is 5.32 Å². The fourth-order valence-electron chi connectivity index (χ4n) is 1.60. The van der Waals surface area contributed by atoms with Crippen LogP contribution in [0.5, 0.6) is 0 Å². The molecule has 0 radical (unpaired) electrons. The fourth-order valence-corrected chi connectivity index (χ4v) is 1.60. The number of hydrogen-bond acceptors (Lipinski definition) is 2. The Labute approximate surface area is 85.8 Å². The zero-order chi connectivity index (χ0) is 10.6. The van der Waals surface area contributed by atoms with Gasteiger partial charge in [0.05, 0.1) is 17.4 Å². The minimum absolute atomic E-state index is 0.324. The molecule has 1 atom stereocenters. The third kappa shape index (κ3) is 2.23. The lowest BCUT2D eigenvalue weighted by molar-refractivity contribution is 0.545. The number of aryl methyl sites for hydroxylation is 2. The fraction of sp³-hybridized carbons (Fsp3) is 0.545. The Morgan fingerprint density at radius 1 is 1.71 bits per heavy atom. The summed E-state index contributed by atoms with van der Waals surface area (Å²) in [4.78, 5) is 0. The number of nitrogens with one attached hydrogen (secondary N) is 1. The van der Waals surface area contributed by atoms with Gasteiger partial charge in [-0.25, -0.2) is 0 Å². The average molecular weight is 193 g/mol. The molecule has 0 fully saturated rings. The summed E-state index contributed by atoms with van der Waals surface area (Å²) >= 11 is 0. The lowest BCUT2D eigenvalue weighted by Gasteiger charge is -2.13. The van der Waals surface area contributed by atoms with Gasteiger partial charge in [0.25, 0.3) is 0 Å². The van der Waals surface area contributed by atoms with Gasteiger partial charge < -0.3 is 5.32 Å². The van der Waals surface area contributed by atoms with Crippen LogP contribution in [-0.4, -0.2) is 16.8 Å². The molecule has 1 unspecified atom stereocenters. The van der Waals surface area contributed by atoms with E-state index in [9.17, 15) is 0 Å². The van der Waals surface area contributed by atoms with Crippen molar-refractivity contribution in [2.75, 3.05) is 7.05 Å². The molecule has 3 nitrogen and oxygen atoms in total. The Morgan fingerprint density at radius 2 is 2.43 bits per heavy atom. The molecule has 3 heteroatoms. The monoisotopic (exact) mass is 193 g/mol. The maximum atomic E-state index is 4.42. The van der Waals surface area contributed by atoms with Gasteiger partial charge in [0.1, 0.15) is 0 Å². The molecule has 0 aliphatic heterocycles. The summed E-state index contributed by atoms with van der Waals surface area (Å²) in [6.07, 6.45) is 3.84. The van der Waals surface area contributed by atoms with Gasteiger partial charge in [0.2, 0.25) is 0 Å². The minimum Gasteiger partial charge on any atom is -0.311 e. The van der Waals surface area contributed by atoms with E-state index in [4.69, 9.17) is 0 Å². The Hall–Kier alpha value is -1.09. The van der Waals surface area contributed by atoms with Crippen LogP contribution in [0, 0.1) is 0 Å². The lowest BCUT2D eigenvalue weighted by atomic mass is 10.1. The molecule has 0 aliphatic carbocycles. The topological polar surface area (TPSA) is 29.9 Å². The molecule has 0 saturated heterocycles. The van der Waals surface area contributed by atoms with Crippen molar-refractivity contribution in [3.8, 4) is 0 Å². The number of aromatic nitrogens is 2. The summed E-state index contributed by atoms with van der Waals surface area (Å²) in [6.45, 7) is 5.88. The normalized spacial score (nSPS) is 12.8. The van der Waals surface area contributed by atoms with E-state index in [2.05, 4.69) is 30.0 Å². The van der Waals surface area contributed by atoms with Crippen molar-refractivity contribution < 1.29 is 0 Å². The third-order valence-electron chi connectivity index (χ3n) is 2.44. The molecule has 14 heavy (non-hydrogen) atoms. The molecule has 0 aromatic carbocycles. The Balaban J connectivity index is 2.90. The van der Waals surface area contributed by atoms with Gasteiger partial charge in [0.15, 0.2) is 0 Å². The van der Waals surface area contributed by atoms with Crippen LogP contribution in [0.4, 0.5) is 0 Å². The van der Waals surface area contributed by atoms with E-state index in [1.807, 2.05) is 24.9 Å². The van der Waals surface area contributed by atoms with Crippen molar-refractivity contribution in [1.82, 2.24) is 15.1 Å². The number of hydrogen-bond donors (Lipinski definition) is 1. The predicted octanol–water partition coefficient (Wildman–Crippen LogP) is 1.82. The van der Waals surface area contributed by atoms with E-state index in [0.717, 1.165) is 18.5 Å². The maximum absolute atomic E-state index is 4.42. The van der Waals surface area contributed by atoms with Gasteiger partial charge in [-0.15, -0.1) is 6.58 Å². The van der Waals surface area contributed by atoms with Crippen LogP contribution in [0.2, 0.25) is 0 Å². The van der Waals surface area contributed by atoms with Crippen molar-refractivity contribution in [3.05, 3.63) is 30.1 Å². The summed E-state index contributed by atoms with van der Waals surface area (Å²) < 4.78 is 1.95. The van der Waals surface area contributed by atoms with Crippen LogP contribution in [0.1, 0.15) is 30.8 Å². The standard InChI is InChI=1S/C11H19N3/c1-5-7-10(12-3)11-8-9(6-2)13-14(11)4/h5,8,10,12H,1,6-7H2,2-4H3. The molecule has 0 bridgehead atoms. The van der Waals surface area contributed by atoms with Gasteiger partial charge in [-0.2, -0.15) is 5.10 Å². The second kappa shape index (κ2) is 4.96. The first-order chi connectivity index (χ1) is 6.72. The molecular formula is C11H19N3. The molecule has 1 heterocycles. The zero-order valence-electron chi connectivity index (χ0n) is 9.25.